The number of anilines is 1. The van der Waals surface area contributed by atoms with E-state index in [1.807, 2.05) is 0 Å². The Balaban J connectivity index is 1.91. The standard InChI is InChI=1S/C13H13F2N3OS/c14-8-5-7(10(16)6-9(8)15)13-17-12(18-19-13)11-3-1-2-4-20-11/h5-6,11H,1-4,16H2. The maximum Gasteiger partial charge on any atom is 0.260 e. The summed E-state index contributed by atoms with van der Waals surface area (Å²) in [5.41, 5.74) is 5.97. The predicted octanol–water partition coefficient (Wildman–Crippen LogP) is 3.56. The number of halogens is 2. The van der Waals surface area contributed by atoms with Crippen molar-refractivity contribution in [3.8, 4) is 11.5 Å². The van der Waals surface area contributed by atoms with Crippen molar-refractivity contribution < 1.29 is 13.3 Å². The van der Waals surface area contributed by atoms with Crippen molar-refractivity contribution in [3.05, 3.63) is 29.6 Å². The van der Waals surface area contributed by atoms with Gasteiger partial charge in [0.25, 0.3) is 5.89 Å². The van der Waals surface area contributed by atoms with E-state index in [9.17, 15) is 8.78 Å². The minimum absolute atomic E-state index is 0.0791. The predicted molar refractivity (Wildman–Crippen MR) is 73.1 cm³/mol. The summed E-state index contributed by atoms with van der Waals surface area (Å²) in [4.78, 5) is 4.27. The van der Waals surface area contributed by atoms with Crippen molar-refractivity contribution in [2.75, 3.05) is 11.5 Å². The topological polar surface area (TPSA) is 64.9 Å². The molecule has 1 fully saturated rings. The zero-order valence-corrected chi connectivity index (χ0v) is 11.4. The largest absolute Gasteiger partial charge is 0.398 e. The third-order valence-corrected chi connectivity index (χ3v) is 4.61. The maximum absolute atomic E-state index is 13.3. The molecule has 2 heterocycles. The molecule has 4 nitrogen and oxygen atoms in total. The second kappa shape index (κ2) is 5.40. The van der Waals surface area contributed by atoms with E-state index in [-0.39, 0.29) is 22.4 Å². The molecule has 0 amide bonds. The van der Waals surface area contributed by atoms with Crippen LogP contribution in [-0.4, -0.2) is 15.9 Å². The fraction of sp³-hybridized carbons (Fsp3) is 0.385. The summed E-state index contributed by atoms with van der Waals surface area (Å²) in [7, 11) is 0. The van der Waals surface area contributed by atoms with Gasteiger partial charge in [-0.1, -0.05) is 11.6 Å². The summed E-state index contributed by atoms with van der Waals surface area (Å²) >= 11 is 1.78. The number of nitrogens with zero attached hydrogens (tertiary/aromatic N) is 2. The molecule has 1 saturated heterocycles. The number of rotatable bonds is 2. The fourth-order valence-corrected chi connectivity index (χ4v) is 3.40. The number of hydrogen-bond donors (Lipinski definition) is 1. The number of hydrogen-bond acceptors (Lipinski definition) is 5. The van der Waals surface area contributed by atoms with Gasteiger partial charge < -0.3 is 10.3 Å². The van der Waals surface area contributed by atoms with Crippen LogP contribution in [0.25, 0.3) is 11.5 Å². The molecule has 1 aliphatic heterocycles. The van der Waals surface area contributed by atoms with Crippen molar-refractivity contribution in [3.63, 3.8) is 0 Å². The van der Waals surface area contributed by atoms with Crippen molar-refractivity contribution in [1.82, 2.24) is 10.1 Å². The molecular formula is C13H13F2N3OS. The van der Waals surface area contributed by atoms with Crippen LogP contribution >= 0.6 is 11.8 Å². The van der Waals surface area contributed by atoms with Gasteiger partial charge >= 0.3 is 0 Å². The molecule has 1 atom stereocenters. The van der Waals surface area contributed by atoms with Gasteiger partial charge in [0.2, 0.25) is 0 Å². The molecule has 7 heteroatoms. The highest BCUT2D eigenvalue weighted by Crippen LogP contribution is 2.38. The maximum atomic E-state index is 13.3. The summed E-state index contributed by atoms with van der Waals surface area (Å²) in [5, 5.41) is 4.13. The van der Waals surface area contributed by atoms with E-state index in [1.54, 1.807) is 11.8 Å². The Labute approximate surface area is 118 Å². The number of thioether (sulfide) groups is 1. The monoisotopic (exact) mass is 297 g/mol. The van der Waals surface area contributed by atoms with Crippen LogP contribution in [0.15, 0.2) is 16.7 Å². The fourth-order valence-electron chi connectivity index (χ4n) is 2.17. The number of benzene rings is 1. The SMILES string of the molecule is Nc1cc(F)c(F)cc1-c1nc(C2CCCCS2)no1. The second-order valence-electron chi connectivity index (χ2n) is 4.67. The van der Waals surface area contributed by atoms with Crippen LogP contribution in [0.5, 0.6) is 0 Å². The van der Waals surface area contributed by atoms with Crippen molar-refractivity contribution in [2.45, 2.75) is 24.5 Å². The molecule has 0 saturated carbocycles. The first-order chi connectivity index (χ1) is 9.65. The highest BCUT2D eigenvalue weighted by Gasteiger charge is 2.23. The van der Waals surface area contributed by atoms with E-state index in [2.05, 4.69) is 10.1 Å². The average molecular weight is 297 g/mol. The lowest BCUT2D eigenvalue weighted by Crippen LogP contribution is -2.03. The van der Waals surface area contributed by atoms with E-state index < -0.39 is 11.6 Å². The van der Waals surface area contributed by atoms with Gasteiger partial charge in [-0.2, -0.15) is 16.7 Å². The van der Waals surface area contributed by atoms with E-state index in [1.165, 1.54) is 6.42 Å². The molecule has 1 unspecified atom stereocenters. The minimum Gasteiger partial charge on any atom is -0.398 e. The molecule has 0 radical (unpaired) electrons. The van der Waals surface area contributed by atoms with Crippen molar-refractivity contribution in [1.29, 1.82) is 0 Å². The highest BCUT2D eigenvalue weighted by atomic mass is 32.2. The van der Waals surface area contributed by atoms with Crippen LogP contribution in [-0.2, 0) is 0 Å². The third kappa shape index (κ3) is 2.49. The third-order valence-electron chi connectivity index (χ3n) is 3.23. The molecular weight excluding hydrogens is 284 g/mol. The average Bonchev–Trinajstić information content (AvgIpc) is 2.93. The van der Waals surface area contributed by atoms with Crippen LogP contribution in [0, 0.1) is 11.6 Å². The van der Waals surface area contributed by atoms with Crippen LogP contribution in [0.2, 0.25) is 0 Å². The van der Waals surface area contributed by atoms with Crippen LogP contribution in [0.4, 0.5) is 14.5 Å². The normalized spacial score (nSPS) is 19.2. The van der Waals surface area contributed by atoms with Gasteiger partial charge in [-0.15, -0.1) is 0 Å². The number of nitrogens with two attached hydrogens (primary N) is 1. The molecule has 2 N–H and O–H groups in total. The molecule has 1 aromatic carbocycles. The second-order valence-corrected chi connectivity index (χ2v) is 5.98. The zero-order valence-electron chi connectivity index (χ0n) is 10.6. The molecule has 0 spiro atoms. The molecule has 2 aromatic rings. The lowest BCUT2D eigenvalue weighted by Gasteiger charge is -2.17. The van der Waals surface area contributed by atoms with E-state index >= 15 is 0 Å². The first-order valence-corrected chi connectivity index (χ1v) is 7.40. The van der Waals surface area contributed by atoms with Crippen molar-refractivity contribution >= 4 is 17.4 Å². The summed E-state index contributed by atoms with van der Waals surface area (Å²) in [5.74, 6) is -0.187. The van der Waals surface area contributed by atoms with Crippen LogP contribution < -0.4 is 5.73 Å². The van der Waals surface area contributed by atoms with E-state index in [0.717, 1.165) is 30.7 Å². The minimum atomic E-state index is -0.992. The van der Waals surface area contributed by atoms with Crippen LogP contribution in [0.1, 0.15) is 30.3 Å². The number of aromatic nitrogens is 2. The molecule has 0 aliphatic carbocycles. The van der Waals surface area contributed by atoms with E-state index in [0.29, 0.717) is 5.82 Å². The lowest BCUT2D eigenvalue weighted by atomic mass is 10.1. The van der Waals surface area contributed by atoms with Gasteiger partial charge in [-0.05, 0) is 24.7 Å². The Bertz CT molecular complexity index is 626. The van der Waals surface area contributed by atoms with Gasteiger partial charge in [0, 0.05) is 11.8 Å². The summed E-state index contributed by atoms with van der Waals surface area (Å²) in [6, 6.07) is 1.90. The zero-order chi connectivity index (χ0) is 14.1. The Morgan fingerprint density at radius 2 is 2.05 bits per heavy atom. The van der Waals surface area contributed by atoms with Gasteiger partial charge in [-0.25, -0.2) is 8.78 Å². The lowest BCUT2D eigenvalue weighted by molar-refractivity contribution is 0.419. The molecule has 3 rings (SSSR count). The Morgan fingerprint density at radius 3 is 2.80 bits per heavy atom. The summed E-state index contributed by atoms with van der Waals surface area (Å²) in [6.07, 6.45) is 3.33. The Morgan fingerprint density at radius 1 is 1.25 bits per heavy atom. The number of nitrogen functional groups attached to an aromatic ring is 1. The molecule has 1 aliphatic rings. The molecule has 20 heavy (non-hydrogen) atoms. The van der Waals surface area contributed by atoms with Crippen LogP contribution in [0.3, 0.4) is 0 Å². The highest BCUT2D eigenvalue weighted by molar-refractivity contribution is 7.99. The van der Waals surface area contributed by atoms with Gasteiger partial charge in [0.05, 0.1) is 10.8 Å². The quantitative estimate of drug-likeness (QED) is 0.859. The first-order valence-electron chi connectivity index (χ1n) is 6.35. The van der Waals surface area contributed by atoms with Gasteiger partial charge in [0.15, 0.2) is 17.5 Å². The van der Waals surface area contributed by atoms with Gasteiger partial charge in [0.1, 0.15) is 0 Å². The van der Waals surface area contributed by atoms with Crippen molar-refractivity contribution in [2.24, 2.45) is 0 Å². The van der Waals surface area contributed by atoms with Gasteiger partial charge in [-0.3, -0.25) is 0 Å². The Kier molecular flexibility index (Phi) is 3.60. The summed E-state index contributed by atoms with van der Waals surface area (Å²) in [6.45, 7) is 0. The molecule has 1 aromatic heterocycles. The summed E-state index contributed by atoms with van der Waals surface area (Å²) < 4.78 is 31.5. The molecule has 0 bridgehead atoms. The first kappa shape index (κ1) is 13.4. The molecule has 106 valence electrons. The van der Waals surface area contributed by atoms with E-state index in [4.69, 9.17) is 10.3 Å². The smallest absolute Gasteiger partial charge is 0.260 e. The Hall–Kier alpha value is -1.63.